The van der Waals surface area contributed by atoms with E-state index in [9.17, 15) is 4.79 Å². The lowest BCUT2D eigenvalue weighted by molar-refractivity contribution is 0.0824. The molecule has 1 aromatic carbocycles. The van der Waals surface area contributed by atoms with Crippen molar-refractivity contribution >= 4 is 5.78 Å². The molecule has 2 aliphatic rings. The molecule has 1 aromatic rings. The van der Waals surface area contributed by atoms with Gasteiger partial charge in [0.2, 0.25) is 0 Å². The van der Waals surface area contributed by atoms with E-state index < -0.39 is 0 Å². The molecule has 2 saturated heterocycles. The first kappa shape index (κ1) is 14.6. The minimum atomic E-state index is 0.183. The van der Waals surface area contributed by atoms with Gasteiger partial charge in [-0.05, 0) is 44.2 Å². The van der Waals surface area contributed by atoms with Crippen LogP contribution in [0.1, 0.15) is 55.8 Å². The molecule has 114 valence electrons. The van der Waals surface area contributed by atoms with E-state index in [0.717, 1.165) is 30.6 Å². The average molecular weight is 287 g/mol. The van der Waals surface area contributed by atoms with Crippen LogP contribution in [-0.2, 0) is 0 Å². The number of ketones is 1. The maximum Gasteiger partial charge on any atom is 0.166 e. The molecule has 2 aliphatic heterocycles. The predicted octanol–water partition coefficient (Wildman–Crippen LogP) is 3.58. The Kier molecular flexibility index (Phi) is 4.59. The molecule has 0 aromatic heterocycles. The van der Waals surface area contributed by atoms with Crippen molar-refractivity contribution in [3.63, 3.8) is 0 Å². The third kappa shape index (κ3) is 3.46. The second-order valence-corrected chi connectivity index (χ2v) is 6.40. The van der Waals surface area contributed by atoms with Gasteiger partial charge in [0.05, 0.1) is 6.61 Å². The molecule has 0 saturated carbocycles. The smallest absolute Gasteiger partial charge is 0.166 e. The van der Waals surface area contributed by atoms with Gasteiger partial charge in [0.25, 0.3) is 0 Å². The zero-order valence-corrected chi connectivity index (χ0v) is 12.8. The zero-order valence-electron chi connectivity index (χ0n) is 12.8. The maximum atomic E-state index is 12.8. The minimum Gasteiger partial charge on any atom is -0.494 e. The Morgan fingerprint density at radius 1 is 1.29 bits per heavy atom. The molecule has 0 amide bonds. The number of fused-ring (bicyclic) bond motifs is 2. The number of nitrogens with one attached hydrogen (secondary N) is 1. The summed E-state index contributed by atoms with van der Waals surface area (Å²) in [6, 6.07) is 8.80. The molecular weight excluding hydrogens is 262 g/mol. The van der Waals surface area contributed by atoms with Crippen LogP contribution in [-0.4, -0.2) is 24.5 Å². The van der Waals surface area contributed by atoms with Crippen LogP contribution in [0.3, 0.4) is 0 Å². The van der Waals surface area contributed by atoms with Crippen molar-refractivity contribution in [2.24, 2.45) is 5.92 Å². The molecule has 3 nitrogen and oxygen atoms in total. The lowest BCUT2D eigenvalue weighted by atomic mass is 9.77. The summed E-state index contributed by atoms with van der Waals surface area (Å²) in [6.07, 6.45) is 6.73. The second kappa shape index (κ2) is 6.61. The van der Waals surface area contributed by atoms with Gasteiger partial charge in [-0.1, -0.05) is 25.5 Å². The first-order valence-electron chi connectivity index (χ1n) is 8.29. The van der Waals surface area contributed by atoms with Crippen LogP contribution in [0.2, 0.25) is 0 Å². The van der Waals surface area contributed by atoms with Gasteiger partial charge in [0.15, 0.2) is 5.78 Å². The molecule has 0 radical (unpaired) electrons. The van der Waals surface area contributed by atoms with Crippen molar-refractivity contribution in [2.75, 3.05) is 6.61 Å². The monoisotopic (exact) mass is 287 g/mol. The molecule has 2 atom stereocenters. The highest BCUT2D eigenvalue weighted by Gasteiger charge is 2.34. The van der Waals surface area contributed by atoms with Crippen molar-refractivity contribution in [1.82, 2.24) is 5.32 Å². The van der Waals surface area contributed by atoms with E-state index in [1.165, 1.54) is 19.3 Å². The van der Waals surface area contributed by atoms with E-state index >= 15 is 0 Å². The average Bonchev–Trinajstić information content (AvgIpc) is 2.52. The van der Waals surface area contributed by atoms with E-state index in [-0.39, 0.29) is 5.92 Å². The topological polar surface area (TPSA) is 38.3 Å². The standard InChI is InChI=1S/C18H25NO2/c1-2-9-21-17-8-3-5-13(12-17)18(20)14-10-15-6-4-7-16(11-14)19-15/h3,5,8,12,14-16,19H,2,4,6-7,9-11H2,1H3. The summed E-state index contributed by atoms with van der Waals surface area (Å²) in [4.78, 5) is 12.8. The molecule has 3 rings (SSSR count). The molecule has 0 aliphatic carbocycles. The molecular formula is C18H25NO2. The van der Waals surface area contributed by atoms with Crippen molar-refractivity contribution in [1.29, 1.82) is 0 Å². The van der Waals surface area contributed by atoms with E-state index in [4.69, 9.17) is 4.74 Å². The Bertz CT molecular complexity index is 488. The van der Waals surface area contributed by atoms with Crippen LogP contribution in [0.25, 0.3) is 0 Å². The minimum absolute atomic E-state index is 0.183. The highest BCUT2D eigenvalue weighted by Crippen LogP contribution is 2.32. The summed E-state index contributed by atoms with van der Waals surface area (Å²) in [7, 11) is 0. The maximum absolute atomic E-state index is 12.8. The lowest BCUT2D eigenvalue weighted by Crippen LogP contribution is -2.50. The first-order chi connectivity index (χ1) is 10.3. The van der Waals surface area contributed by atoms with Crippen LogP contribution in [0, 0.1) is 5.92 Å². The van der Waals surface area contributed by atoms with E-state index in [2.05, 4.69) is 12.2 Å². The van der Waals surface area contributed by atoms with Gasteiger partial charge >= 0.3 is 0 Å². The van der Waals surface area contributed by atoms with Crippen molar-refractivity contribution in [3.05, 3.63) is 29.8 Å². The van der Waals surface area contributed by atoms with Crippen molar-refractivity contribution < 1.29 is 9.53 Å². The van der Waals surface area contributed by atoms with Crippen LogP contribution in [0.5, 0.6) is 5.75 Å². The third-order valence-electron chi connectivity index (χ3n) is 4.68. The summed E-state index contributed by atoms with van der Waals surface area (Å²) in [5.41, 5.74) is 0.813. The van der Waals surface area contributed by atoms with Gasteiger partial charge in [0, 0.05) is 23.6 Å². The zero-order chi connectivity index (χ0) is 14.7. The van der Waals surface area contributed by atoms with E-state index in [0.29, 0.717) is 24.5 Å². The van der Waals surface area contributed by atoms with E-state index in [1.54, 1.807) is 0 Å². The van der Waals surface area contributed by atoms with Crippen molar-refractivity contribution in [2.45, 2.75) is 57.5 Å². The lowest BCUT2D eigenvalue weighted by Gasteiger charge is -2.39. The normalized spacial score (nSPS) is 28.1. The Hall–Kier alpha value is -1.35. The molecule has 2 bridgehead atoms. The number of Topliss-reactive ketones (excluding diaryl/α,β-unsaturated/α-hetero) is 1. The number of benzene rings is 1. The van der Waals surface area contributed by atoms with Gasteiger partial charge in [0.1, 0.15) is 5.75 Å². The van der Waals surface area contributed by atoms with Crippen molar-refractivity contribution in [3.8, 4) is 5.75 Å². The summed E-state index contributed by atoms with van der Waals surface area (Å²) in [6.45, 7) is 2.79. The van der Waals surface area contributed by atoms with Gasteiger partial charge < -0.3 is 10.1 Å². The number of ether oxygens (including phenoxy) is 1. The number of carbonyl (C=O) groups is 1. The molecule has 3 heteroatoms. The summed E-state index contributed by atoms with van der Waals surface area (Å²) in [5.74, 6) is 1.30. The Morgan fingerprint density at radius 3 is 2.76 bits per heavy atom. The fourth-order valence-electron chi connectivity index (χ4n) is 3.67. The highest BCUT2D eigenvalue weighted by molar-refractivity contribution is 5.98. The van der Waals surface area contributed by atoms with Gasteiger partial charge in [-0.3, -0.25) is 4.79 Å². The van der Waals surface area contributed by atoms with Crippen LogP contribution >= 0.6 is 0 Å². The van der Waals surface area contributed by atoms with Gasteiger partial charge in [-0.2, -0.15) is 0 Å². The number of rotatable bonds is 5. The Balaban J connectivity index is 1.69. The van der Waals surface area contributed by atoms with Gasteiger partial charge in [-0.15, -0.1) is 0 Å². The third-order valence-corrected chi connectivity index (χ3v) is 4.68. The van der Waals surface area contributed by atoms with Crippen LogP contribution < -0.4 is 10.1 Å². The fourth-order valence-corrected chi connectivity index (χ4v) is 3.67. The van der Waals surface area contributed by atoms with E-state index in [1.807, 2.05) is 24.3 Å². The summed E-state index contributed by atoms with van der Waals surface area (Å²) in [5, 5.41) is 3.65. The van der Waals surface area contributed by atoms with Crippen LogP contribution in [0.15, 0.2) is 24.3 Å². The molecule has 21 heavy (non-hydrogen) atoms. The molecule has 2 heterocycles. The number of carbonyl (C=O) groups excluding carboxylic acids is 1. The SMILES string of the molecule is CCCOc1cccc(C(=O)C2CC3CCCC(C2)N3)c1. The Morgan fingerprint density at radius 2 is 2.05 bits per heavy atom. The predicted molar refractivity (Wildman–Crippen MR) is 83.8 cm³/mol. The molecule has 2 fully saturated rings. The number of hydrogen-bond acceptors (Lipinski definition) is 3. The quantitative estimate of drug-likeness (QED) is 0.841. The molecule has 0 spiro atoms. The highest BCUT2D eigenvalue weighted by atomic mass is 16.5. The molecule has 2 unspecified atom stereocenters. The second-order valence-electron chi connectivity index (χ2n) is 6.40. The summed E-state index contributed by atoms with van der Waals surface area (Å²) < 4.78 is 5.64. The fraction of sp³-hybridized carbons (Fsp3) is 0.611. The number of hydrogen-bond donors (Lipinski definition) is 1. The Labute approximate surface area is 127 Å². The molecule has 1 N–H and O–H groups in total. The largest absolute Gasteiger partial charge is 0.494 e. The van der Waals surface area contributed by atoms with Gasteiger partial charge in [-0.25, -0.2) is 0 Å². The summed E-state index contributed by atoms with van der Waals surface area (Å²) >= 11 is 0. The first-order valence-corrected chi connectivity index (χ1v) is 8.29. The van der Waals surface area contributed by atoms with Crippen LogP contribution in [0.4, 0.5) is 0 Å². The number of piperidine rings is 2.